The van der Waals surface area contributed by atoms with Gasteiger partial charge in [-0.25, -0.2) is 4.68 Å². The molecule has 0 aliphatic rings. The molecule has 0 fully saturated rings. The van der Waals surface area contributed by atoms with Crippen LogP contribution in [0.2, 0.25) is 0 Å². The highest BCUT2D eigenvalue weighted by Gasteiger charge is 2.14. The standard InChI is InChI=1S/C34H31N5O3S/c1-3-19-41-28-16-13-24(14-17-28)15-18-31-35-34-39(36-31)33(40)30(43-34)22-26-23-38(27-10-6-5-7-11-27)37-32(26)25-9-8-12-29(21-25)42-20-4-2/h5-18,21-23H,3-4,19-20H2,1-2H3/b18-15+,30-22-. The van der Waals surface area contributed by atoms with Gasteiger partial charge in [-0.05, 0) is 67.0 Å². The molecule has 3 heterocycles. The van der Waals surface area contributed by atoms with Gasteiger partial charge in [0.25, 0.3) is 5.56 Å². The molecule has 8 nitrogen and oxygen atoms in total. The third kappa shape index (κ3) is 6.42. The highest BCUT2D eigenvalue weighted by Crippen LogP contribution is 2.28. The summed E-state index contributed by atoms with van der Waals surface area (Å²) in [6, 6.07) is 25.6. The molecule has 6 rings (SSSR count). The van der Waals surface area contributed by atoms with Crippen molar-refractivity contribution in [2.45, 2.75) is 26.7 Å². The van der Waals surface area contributed by atoms with E-state index in [4.69, 9.17) is 14.6 Å². The van der Waals surface area contributed by atoms with Crippen molar-refractivity contribution in [3.63, 3.8) is 0 Å². The molecule has 0 unspecified atom stereocenters. The summed E-state index contributed by atoms with van der Waals surface area (Å²) in [6.07, 6.45) is 9.41. The molecule has 0 aliphatic heterocycles. The average molecular weight is 590 g/mol. The first-order chi connectivity index (χ1) is 21.1. The smallest absolute Gasteiger partial charge is 0.291 e. The average Bonchev–Trinajstić information content (AvgIpc) is 3.73. The molecule has 0 amide bonds. The van der Waals surface area contributed by atoms with E-state index in [1.165, 1.54) is 15.9 Å². The molecule has 0 bridgehead atoms. The van der Waals surface area contributed by atoms with Crippen LogP contribution in [0.25, 0.3) is 40.1 Å². The molecule has 3 aromatic carbocycles. The first-order valence-corrected chi connectivity index (χ1v) is 15.1. The lowest BCUT2D eigenvalue weighted by Crippen LogP contribution is -2.23. The summed E-state index contributed by atoms with van der Waals surface area (Å²) >= 11 is 1.30. The third-order valence-corrected chi connectivity index (χ3v) is 7.57. The van der Waals surface area contributed by atoms with Gasteiger partial charge in [0, 0.05) is 17.3 Å². The van der Waals surface area contributed by atoms with Crippen molar-refractivity contribution >= 4 is 34.5 Å². The van der Waals surface area contributed by atoms with Gasteiger partial charge in [0.2, 0.25) is 4.96 Å². The van der Waals surface area contributed by atoms with Crippen molar-refractivity contribution in [3.05, 3.63) is 117 Å². The predicted molar refractivity (Wildman–Crippen MR) is 172 cm³/mol. The van der Waals surface area contributed by atoms with Crippen molar-refractivity contribution in [1.29, 1.82) is 0 Å². The number of nitrogens with zero attached hydrogens (tertiary/aromatic N) is 5. The highest BCUT2D eigenvalue weighted by molar-refractivity contribution is 7.15. The number of hydrogen-bond acceptors (Lipinski definition) is 7. The van der Waals surface area contributed by atoms with Crippen LogP contribution in [0.4, 0.5) is 0 Å². The number of ether oxygens (including phenoxy) is 2. The van der Waals surface area contributed by atoms with Gasteiger partial charge in [0.05, 0.1) is 23.4 Å². The van der Waals surface area contributed by atoms with Crippen LogP contribution in [-0.2, 0) is 0 Å². The van der Waals surface area contributed by atoms with Gasteiger partial charge in [-0.3, -0.25) is 4.79 Å². The van der Waals surface area contributed by atoms with Crippen molar-refractivity contribution in [1.82, 2.24) is 24.4 Å². The Kier molecular flexibility index (Phi) is 8.42. The zero-order valence-corrected chi connectivity index (χ0v) is 24.8. The van der Waals surface area contributed by atoms with E-state index in [0.29, 0.717) is 28.5 Å². The van der Waals surface area contributed by atoms with Crippen LogP contribution in [0.15, 0.2) is 89.9 Å². The summed E-state index contributed by atoms with van der Waals surface area (Å²) in [4.78, 5) is 18.5. The second kappa shape index (κ2) is 12.9. The van der Waals surface area contributed by atoms with E-state index >= 15 is 0 Å². The van der Waals surface area contributed by atoms with Gasteiger partial charge in [0.15, 0.2) is 5.82 Å². The Balaban J connectivity index is 1.33. The quantitative estimate of drug-likeness (QED) is 0.176. The number of fused-ring (bicyclic) bond motifs is 1. The lowest BCUT2D eigenvalue weighted by molar-refractivity contribution is 0.317. The van der Waals surface area contributed by atoms with Crippen LogP contribution in [-0.4, -0.2) is 37.6 Å². The summed E-state index contributed by atoms with van der Waals surface area (Å²) in [6.45, 7) is 5.49. The van der Waals surface area contributed by atoms with Crippen LogP contribution in [0.1, 0.15) is 43.6 Å². The van der Waals surface area contributed by atoms with E-state index in [0.717, 1.165) is 52.4 Å². The Labute approximate surface area is 253 Å². The Morgan fingerprint density at radius 1 is 0.837 bits per heavy atom. The van der Waals surface area contributed by atoms with E-state index in [2.05, 4.69) is 23.9 Å². The number of thiazole rings is 1. The molecule has 0 N–H and O–H groups in total. The molecular formula is C34H31N5O3S. The minimum atomic E-state index is -0.219. The topological polar surface area (TPSA) is 83.5 Å². The SMILES string of the molecule is CCCOc1ccc(/C=C/c2nc3s/c(=C\c4cn(-c5ccccc5)nc4-c4cccc(OCCC)c4)c(=O)n3n2)cc1. The first-order valence-electron chi connectivity index (χ1n) is 14.3. The fraction of sp³-hybridized carbons (Fsp3) is 0.176. The van der Waals surface area contributed by atoms with Gasteiger partial charge in [-0.2, -0.15) is 14.6 Å². The monoisotopic (exact) mass is 589 g/mol. The molecule has 0 saturated carbocycles. The molecule has 0 radical (unpaired) electrons. The Morgan fingerprint density at radius 2 is 1.60 bits per heavy atom. The lowest BCUT2D eigenvalue weighted by atomic mass is 10.1. The predicted octanol–water partition coefficient (Wildman–Crippen LogP) is 6.30. The van der Waals surface area contributed by atoms with E-state index in [1.807, 2.05) is 102 Å². The van der Waals surface area contributed by atoms with E-state index in [1.54, 1.807) is 6.08 Å². The summed E-state index contributed by atoms with van der Waals surface area (Å²) in [5, 5.41) is 9.36. The largest absolute Gasteiger partial charge is 0.494 e. The fourth-order valence-corrected chi connectivity index (χ4v) is 5.42. The summed E-state index contributed by atoms with van der Waals surface area (Å²) in [5.41, 5.74) is 4.15. The maximum absolute atomic E-state index is 13.4. The van der Waals surface area contributed by atoms with Crippen LogP contribution < -0.4 is 19.6 Å². The van der Waals surface area contributed by atoms with Crippen molar-refractivity contribution < 1.29 is 9.47 Å². The minimum Gasteiger partial charge on any atom is -0.494 e. The second-order valence-electron chi connectivity index (χ2n) is 9.92. The maximum atomic E-state index is 13.4. The number of aromatic nitrogens is 5. The van der Waals surface area contributed by atoms with Gasteiger partial charge >= 0.3 is 0 Å². The van der Waals surface area contributed by atoms with Gasteiger partial charge in [-0.15, -0.1) is 5.10 Å². The molecular weight excluding hydrogens is 558 g/mol. The van der Waals surface area contributed by atoms with Gasteiger partial charge in [-0.1, -0.05) is 73.7 Å². The molecule has 6 aromatic rings. The summed E-state index contributed by atoms with van der Waals surface area (Å²) in [5.74, 6) is 2.10. The molecule has 9 heteroatoms. The molecule has 0 aliphatic carbocycles. The van der Waals surface area contributed by atoms with Crippen molar-refractivity contribution in [3.8, 4) is 28.4 Å². The molecule has 216 valence electrons. The van der Waals surface area contributed by atoms with E-state index < -0.39 is 0 Å². The maximum Gasteiger partial charge on any atom is 0.291 e. The van der Waals surface area contributed by atoms with Crippen molar-refractivity contribution in [2.75, 3.05) is 13.2 Å². The first kappa shape index (κ1) is 28.1. The summed E-state index contributed by atoms with van der Waals surface area (Å²) < 4.78 is 15.2. The number of rotatable bonds is 11. The van der Waals surface area contributed by atoms with Gasteiger partial charge in [0.1, 0.15) is 17.2 Å². The highest BCUT2D eigenvalue weighted by atomic mass is 32.1. The van der Waals surface area contributed by atoms with Crippen molar-refractivity contribution in [2.24, 2.45) is 0 Å². The molecule has 0 spiro atoms. The fourth-order valence-electron chi connectivity index (χ4n) is 4.51. The third-order valence-electron chi connectivity index (χ3n) is 6.61. The Morgan fingerprint density at radius 3 is 2.35 bits per heavy atom. The lowest BCUT2D eigenvalue weighted by Gasteiger charge is -2.06. The number of benzene rings is 3. The van der Waals surface area contributed by atoms with Gasteiger partial charge < -0.3 is 9.47 Å². The zero-order valence-electron chi connectivity index (χ0n) is 24.0. The normalized spacial score (nSPS) is 12.0. The Bertz CT molecular complexity index is 1970. The van der Waals surface area contributed by atoms with Crippen LogP contribution in [0.3, 0.4) is 0 Å². The number of hydrogen-bond donors (Lipinski definition) is 0. The molecule has 43 heavy (non-hydrogen) atoms. The molecule has 0 saturated heterocycles. The molecule has 0 atom stereocenters. The van der Waals surface area contributed by atoms with Crippen LogP contribution >= 0.6 is 11.3 Å². The van der Waals surface area contributed by atoms with Crippen LogP contribution in [0, 0.1) is 0 Å². The summed E-state index contributed by atoms with van der Waals surface area (Å²) in [7, 11) is 0. The Hall–Kier alpha value is -5.02. The van der Waals surface area contributed by atoms with Crippen LogP contribution in [0.5, 0.6) is 11.5 Å². The number of para-hydroxylation sites is 1. The second-order valence-corrected chi connectivity index (χ2v) is 10.9. The van der Waals surface area contributed by atoms with E-state index in [9.17, 15) is 4.79 Å². The zero-order chi connectivity index (χ0) is 29.6. The minimum absolute atomic E-state index is 0.219. The molecule has 3 aromatic heterocycles. The van der Waals surface area contributed by atoms with E-state index in [-0.39, 0.29) is 5.56 Å².